The minimum Gasteiger partial charge on any atom is -0.493 e. The number of fused-ring (bicyclic) bond motifs is 3. The van der Waals surface area contributed by atoms with Gasteiger partial charge < -0.3 is 19.6 Å². The van der Waals surface area contributed by atoms with Crippen LogP contribution in [-0.4, -0.2) is 58.7 Å². The smallest absolute Gasteiger partial charge is 0.127 e. The minimum atomic E-state index is 0.0989. The van der Waals surface area contributed by atoms with Crippen molar-refractivity contribution in [3.63, 3.8) is 0 Å². The number of likely N-dealkylation sites (tertiary alicyclic amines) is 1. The number of ether oxygens (including phenoxy) is 1. The Bertz CT molecular complexity index is 1570. The summed E-state index contributed by atoms with van der Waals surface area (Å²) in [6.07, 6.45) is 3.80. The Morgan fingerprint density at radius 2 is 1.88 bits per heavy atom. The molecule has 2 radical (unpaired) electrons. The number of benzene rings is 2. The van der Waals surface area contributed by atoms with Crippen molar-refractivity contribution in [2.75, 3.05) is 19.7 Å². The summed E-state index contributed by atoms with van der Waals surface area (Å²) in [4.78, 5) is 12.3. The van der Waals surface area contributed by atoms with Crippen molar-refractivity contribution in [3.05, 3.63) is 71.1 Å². The maximum absolute atomic E-state index is 8.51. The fraction of sp³-hybridized carbons (Fsp3) is 0.424. The molecule has 2 atom stereocenters. The third kappa shape index (κ3) is 5.32. The number of nitrogens with one attached hydrogen (secondary N) is 1. The van der Waals surface area contributed by atoms with Crippen LogP contribution in [0.25, 0.3) is 27.5 Å². The zero-order valence-electron chi connectivity index (χ0n) is 24.7. The fourth-order valence-electron chi connectivity index (χ4n) is 6.10. The number of hydrogen-bond donors (Lipinski definition) is 1. The number of pyridine rings is 1. The van der Waals surface area contributed by atoms with Gasteiger partial charge in [0.1, 0.15) is 24.9 Å². The number of imidazole rings is 1. The third-order valence-electron chi connectivity index (χ3n) is 8.24. The molecule has 1 aliphatic rings. The largest absolute Gasteiger partial charge is 0.493 e. The van der Waals surface area contributed by atoms with E-state index >= 15 is 0 Å². The Hall–Kier alpha value is -3.45. The average molecular weight is 534 g/mol. The van der Waals surface area contributed by atoms with Gasteiger partial charge in [-0.1, -0.05) is 44.2 Å². The molecule has 0 spiro atoms. The lowest BCUT2D eigenvalue weighted by atomic mass is 9.85. The third-order valence-corrected chi connectivity index (χ3v) is 8.24. The summed E-state index contributed by atoms with van der Waals surface area (Å²) >= 11 is 0. The molecule has 0 bridgehead atoms. The highest BCUT2D eigenvalue weighted by molar-refractivity contribution is 6.35. The summed E-state index contributed by atoms with van der Waals surface area (Å²) < 4.78 is 8.98. The van der Waals surface area contributed by atoms with E-state index in [2.05, 4.69) is 67.5 Å². The van der Waals surface area contributed by atoms with E-state index in [-0.39, 0.29) is 6.04 Å². The van der Waals surface area contributed by atoms with Crippen LogP contribution in [0.15, 0.2) is 54.1 Å². The van der Waals surface area contributed by atoms with Gasteiger partial charge in [-0.2, -0.15) is 0 Å². The monoisotopic (exact) mass is 533 g/mol. The standard InChI is InChI=1S/C33H40BN5O/c1-7-31-37-29-17-36-28-15-27(32(21(4)34)22(5)35)30(40-19-24-13-14-38(18-24)20(2)3)16-26(28)33(29)39(31)23(6)25-11-9-8-10-12-25/h8-12,15-17,20,23-24,35H,7,13-14,18-19H2,1-6H3/b32-21+,35-22?. The molecule has 0 aliphatic carbocycles. The fourth-order valence-corrected chi connectivity index (χ4v) is 6.10. The van der Waals surface area contributed by atoms with Gasteiger partial charge in [-0.15, -0.1) is 5.47 Å². The molecule has 1 aliphatic heterocycles. The normalized spacial score (nSPS) is 17.5. The molecule has 2 aromatic carbocycles. The van der Waals surface area contributed by atoms with Crippen molar-refractivity contribution in [1.82, 2.24) is 19.4 Å². The lowest BCUT2D eigenvalue weighted by Crippen LogP contribution is -2.29. The highest BCUT2D eigenvalue weighted by Gasteiger charge is 2.26. The Balaban J connectivity index is 1.68. The number of rotatable bonds is 9. The number of hydrogen-bond acceptors (Lipinski definition) is 5. The maximum Gasteiger partial charge on any atom is 0.127 e. The van der Waals surface area contributed by atoms with Crippen LogP contribution >= 0.6 is 0 Å². The van der Waals surface area contributed by atoms with Crippen molar-refractivity contribution in [2.24, 2.45) is 5.92 Å². The molecule has 1 saturated heterocycles. The molecule has 0 saturated carbocycles. The van der Waals surface area contributed by atoms with Gasteiger partial charge in [-0.25, -0.2) is 4.98 Å². The number of nitrogens with zero attached hydrogens (tertiary/aromatic N) is 4. The van der Waals surface area contributed by atoms with E-state index in [4.69, 9.17) is 28.0 Å². The lowest BCUT2D eigenvalue weighted by Gasteiger charge is -2.22. The molecule has 0 amide bonds. The van der Waals surface area contributed by atoms with Gasteiger partial charge in [0.15, 0.2) is 0 Å². The van der Waals surface area contributed by atoms with Gasteiger partial charge in [-0.05, 0) is 63.9 Å². The van der Waals surface area contributed by atoms with Gasteiger partial charge >= 0.3 is 0 Å². The Labute approximate surface area is 239 Å². The van der Waals surface area contributed by atoms with E-state index in [1.165, 1.54) is 5.56 Å². The van der Waals surface area contributed by atoms with E-state index in [9.17, 15) is 0 Å². The van der Waals surface area contributed by atoms with Crippen LogP contribution in [0.4, 0.5) is 0 Å². The summed E-state index contributed by atoms with van der Waals surface area (Å²) in [5, 5.41) is 9.51. The highest BCUT2D eigenvalue weighted by atomic mass is 16.5. The van der Waals surface area contributed by atoms with Crippen LogP contribution in [0.5, 0.6) is 5.75 Å². The molecule has 1 N–H and O–H groups in total. The van der Waals surface area contributed by atoms with Gasteiger partial charge in [0.25, 0.3) is 0 Å². The molecule has 6 nitrogen and oxygen atoms in total. The van der Waals surface area contributed by atoms with Crippen molar-refractivity contribution >= 4 is 41.1 Å². The molecule has 206 valence electrons. The van der Waals surface area contributed by atoms with Crippen molar-refractivity contribution in [1.29, 1.82) is 5.41 Å². The molecule has 1 fully saturated rings. The van der Waals surface area contributed by atoms with E-state index in [0.717, 1.165) is 65.0 Å². The Morgan fingerprint density at radius 3 is 2.50 bits per heavy atom. The first-order chi connectivity index (χ1) is 19.2. The molecule has 40 heavy (non-hydrogen) atoms. The zero-order valence-corrected chi connectivity index (χ0v) is 24.7. The molecule has 5 rings (SSSR count). The Kier molecular flexibility index (Phi) is 8.13. The predicted molar refractivity (Wildman–Crippen MR) is 167 cm³/mol. The zero-order chi connectivity index (χ0) is 28.6. The first-order valence-corrected chi connectivity index (χ1v) is 14.5. The summed E-state index contributed by atoms with van der Waals surface area (Å²) in [5.74, 6) is 2.23. The summed E-state index contributed by atoms with van der Waals surface area (Å²) in [5.41, 5.74) is 6.54. The molecular weight excluding hydrogens is 493 g/mol. The molecule has 3 heterocycles. The number of aryl methyl sites for hydroxylation is 1. The van der Waals surface area contributed by atoms with Crippen molar-refractivity contribution in [2.45, 2.75) is 66.5 Å². The van der Waals surface area contributed by atoms with Gasteiger partial charge in [-0.3, -0.25) is 4.98 Å². The van der Waals surface area contributed by atoms with Crippen LogP contribution in [0.3, 0.4) is 0 Å². The predicted octanol–water partition coefficient (Wildman–Crippen LogP) is 6.80. The van der Waals surface area contributed by atoms with Gasteiger partial charge in [0.2, 0.25) is 0 Å². The molecule has 2 unspecified atom stereocenters. The van der Waals surface area contributed by atoms with Crippen LogP contribution in [-0.2, 0) is 6.42 Å². The average Bonchev–Trinajstić information content (AvgIpc) is 3.56. The quantitative estimate of drug-likeness (QED) is 0.190. The maximum atomic E-state index is 8.51. The van der Waals surface area contributed by atoms with Crippen LogP contribution < -0.4 is 4.74 Å². The molecule has 7 heteroatoms. The SMILES string of the molecule is [B]/C(C)=C(\C(C)=N)c1cc2ncc3nc(CC)n(C(C)c4ccccc4)c3c2cc1OCC1CCN(C(C)C)C1. The number of aromatic nitrogens is 3. The van der Waals surface area contributed by atoms with Crippen molar-refractivity contribution in [3.8, 4) is 5.75 Å². The summed E-state index contributed by atoms with van der Waals surface area (Å²) in [7, 11) is 6.33. The van der Waals surface area contributed by atoms with Crippen LogP contribution in [0, 0.1) is 11.3 Å². The number of allylic oxidation sites excluding steroid dienone is 2. The van der Waals surface area contributed by atoms with E-state index < -0.39 is 0 Å². The highest BCUT2D eigenvalue weighted by Crippen LogP contribution is 2.38. The van der Waals surface area contributed by atoms with Crippen LogP contribution in [0.2, 0.25) is 0 Å². The van der Waals surface area contributed by atoms with E-state index in [1.807, 2.05) is 25.3 Å². The molecule has 2 aromatic heterocycles. The van der Waals surface area contributed by atoms with Crippen LogP contribution in [0.1, 0.15) is 71.0 Å². The molecular formula is C33H40BN5O. The molecule has 4 aromatic rings. The lowest BCUT2D eigenvalue weighted by molar-refractivity contribution is 0.223. The van der Waals surface area contributed by atoms with E-state index in [0.29, 0.717) is 35.3 Å². The van der Waals surface area contributed by atoms with Gasteiger partial charge in [0.05, 0.1) is 29.9 Å². The second-order valence-corrected chi connectivity index (χ2v) is 11.4. The Morgan fingerprint density at radius 1 is 1.12 bits per heavy atom. The first kappa shape index (κ1) is 28.1. The topological polar surface area (TPSA) is 67.0 Å². The van der Waals surface area contributed by atoms with Crippen molar-refractivity contribution < 1.29 is 4.74 Å². The second kappa shape index (κ2) is 11.6. The second-order valence-electron chi connectivity index (χ2n) is 11.4. The van der Waals surface area contributed by atoms with E-state index in [1.54, 1.807) is 6.92 Å². The van der Waals surface area contributed by atoms with Gasteiger partial charge in [0, 0.05) is 41.6 Å². The first-order valence-electron chi connectivity index (χ1n) is 14.5. The summed E-state index contributed by atoms with van der Waals surface area (Å²) in [6.45, 7) is 15.3. The minimum absolute atomic E-state index is 0.0989. The summed E-state index contributed by atoms with van der Waals surface area (Å²) in [6, 6.07) is 15.3.